The van der Waals surface area contributed by atoms with Gasteiger partial charge in [-0.1, -0.05) is 12.8 Å². The van der Waals surface area contributed by atoms with Crippen molar-refractivity contribution in [3.8, 4) is 0 Å². The number of carboxylic acids is 1. The van der Waals surface area contributed by atoms with Gasteiger partial charge >= 0.3 is 5.97 Å². The van der Waals surface area contributed by atoms with Crippen LogP contribution >= 0.6 is 0 Å². The minimum Gasteiger partial charge on any atom is -0.478 e. The van der Waals surface area contributed by atoms with Crippen molar-refractivity contribution in [1.29, 1.82) is 0 Å². The van der Waals surface area contributed by atoms with Crippen molar-refractivity contribution < 1.29 is 19.1 Å². The zero-order valence-corrected chi connectivity index (χ0v) is 14.4. The van der Waals surface area contributed by atoms with Crippen molar-refractivity contribution in [2.45, 2.75) is 25.7 Å². The molecule has 1 heterocycles. The molecule has 3 rings (SSSR count). The highest BCUT2D eigenvalue weighted by molar-refractivity contribution is 6.08. The first-order valence-electron chi connectivity index (χ1n) is 8.74. The van der Waals surface area contributed by atoms with Crippen LogP contribution in [0.5, 0.6) is 0 Å². The average Bonchev–Trinajstić information content (AvgIpc) is 2.92. The van der Waals surface area contributed by atoms with Crippen molar-refractivity contribution in [2.24, 2.45) is 0 Å². The number of carbonyl (C=O) groups excluding carboxylic acids is 1. The molecule has 26 heavy (non-hydrogen) atoms. The van der Waals surface area contributed by atoms with E-state index in [-0.39, 0.29) is 16.8 Å². The van der Waals surface area contributed by atoms with Gasteiger partial charge < -0.3 is 15.3 Å². The Morgan fingerprint density at radius 1 is 0.962 bits per heavy atom. The van der Waals surface area contributed by atoms with Gasteiger partial charge in [-0.3, -0.25) is 4.79 Å². The number of carboxylic acid groups (broad SMARTS) is 1. The van der Waals surface area contributed by atoms with Gasteiger partial charge in [0.1, 0.15) is 5.82 Å². The summed E-state index contributed by atoms with van der Waals surface area (Å²) in [6, 6.07) is 10.1. The third-order valence-electron chi connectivity index (χ3n) is 4.56. The second-order valence-corrected chi connectivity index (χ2v) is 6.40. The fraction of sp³-hybridized carbons (Fsp3) is 0.300. The maximum absolute atomic E-state index is 13.0. The highest BCUT2D eigenvalue weighted by atomic mass is 19.1. The predicted octanol–water partition coefficient (Wildman–Crippen LogP) is 4.16. The van der Waals surface area contributed by atoms with Crippen LogP contribution in [0.1, 0.15) is 46.4 Å². The number of anilines is 2. The van der Waals surface area contributed by atoms with E-state index in [2.05, 4.69) is 10.2 Å². The summed E-state index contributed by atoms with van der Waals surface area (Å²) in [6.45, 7) is 1.81. The van der Waals surface area contributed by atoms with Gasteiger partial charge in [-0.25, -0.2) is 9.18 Å². The first-order valence-corrected chi connectivity index (χ1v) is 8.74. The Kier molecular flexibility index (Phi) is 5.51. The number of hydrogen-bond acceptors (Lipinski definition) is 3. The molecule has 1 aliphatic heterocycles. The molecule has 0 saturated carbocycles. The van der Waals surface area contributed by atoms with Gasteiger partial charge in [-0.05, 0) is 55.3 Å². The van der Waals surface area contributed by atoms with E-state index in [0.717, 1.165) is 31.6 Å². The number of aromatic carboxylic acids is 1. The number of carbonyl (C=O) groups is 2. The van der Waals surface area contributed by atoms with Crippen LogP contribution in [-0.2, 0) is 0 Å². The minimum atomic E-state index is -1.10. The molecule has 2 aromatic rings. The van der Waals surface area contributed by atoms with Gasteiger partial charge in [0.2, 0.25) is 0 Å². The largest absolute Gasteiger partial charge is 0.478 e. The molecule has 136 valence electrons. The Hall–Kier alpha value is -2.89. The van der Waals surface area contributed by atoms with E-state index < -0.39 is 17.7 Å². The van der Waals surface area contributed by atoms with Crippen LogP contribution in [0.2, 0.25) is 0 Å². The van der Waals surface area contributed by atoms with Crippen LogP contribution in [0, 0.1) is 5.82 Å². The Morgan fingerprint density at radius 2 is 1.62 bits per heavy atom. The third kappa shape index (κ3) is 4.20. The first-order chi connectivity index (χ1) is 12.5. The molecule has 0 bridgehead atoms. The van der Waals surface area contributed by atoms with Crippen molar-refractivity contribution in [1.82, 2.24) is 0 Å². The van der Waals surface area contributed by atoms with Crippen molar-refractivity contribution in [3.63, 3.8) is 0 Å². The van der Waals surface area contributed by atoms with Gasteiger partial charge in [-0.2, -0.15) is 0 Å². The zero-order chi connectivity index (χ0) is 18.5. The predicted molar refractivity (Wildman–Crippen MR) is 98.4 cm³/mol. The van der Waals surface area contributed by atoms with Gasteiger partial charge in [0.05, 0.1) is 11.3 Å². The number of hydrogen-bond donors (Lipinski definition) is 2. The lowest BCUT2D eigenvalue weighted by molar-refractivity contribution is 0.0698. The molecular formula is C20H21FN2O3. The Bertz CT molecular complexity index is 797. The van der Waals surface area contributed by atoms with Crippen molar-refractivity contribution in [3.05, 3.63) is 59.4 Å². The summed E-state index contributed by atoms with van der Waals surface area (Å²) in [6.07, 6.45) is 4.55. The SMILES string of the molecule is O=C(Nc1ccc(N2CCCCCC2)cc1C(=O)O)c1ccc(F)cc1. The summed E-state index contributed by atoms with van der Waals surface area (Å²) in [5.74, 6) is -2.01. The molecule has 1 fully saturated rings. The van der Waals surface area contributed by atoms with E-state index >= 15 is 0 Å². The molecule has 0 radical (unpaired) electrons. The summed E-state index contributed by atoms with van der Waals surface area (Å²) in [5.41, 5.74) is 1.39. The normalized spacial score (nSPS) is 14.6. The van der Waals surface area contributed by atoms with Crippen LogP contribution in [0.15, 0.2) is 42.5 Å². The van der Waals surface area contributed by atoms with Crippen molar-refractivity contribution in [2.75, 3.05) is 23.3 Å². The lowest BCUT2D eigenvalue weighted by Crippen LogP contribution is -2.24. The van der Waals surface area contributed by atoms with E-state index in [9.17, 15) is 19.1 Å². The lowest BCUT2D eigenvalue weighted by atomic mass is 10.1. The second kappa shape index (κ2) is 7.99. The van der Waals surface area contributed by atoms with Crippen molar-refractivity contribution >= 4 is 23.3 Å². The number of halogens is 1. The monoisotopic (exact) mass is 356 g/mol. The van der Waals surface area contributed by atoms with E-state index in [1.165, 1.54) is 37.1 Å². The quantitative estimate of drug-likeness (QED) is 0.863. The molecule has 1 amide bonds. The van der Waals surface area contributed by atoms with E-state index in [0.29, 0.717) is 0 Å². The number of amides is 1. The first kappa shape index (κ1) is 17.9. The number of rotatable bonds is 4. The summed E-state index contributed by atoms with van der Waals surface area (Å²) in [5, 5.41) is 12.2. The molecule has 2 N–H and O–H groups in total. The van der Waals surface area contributed by atoms with Crippen LogP contribution < -0.4 is 10.2 Å². The summed E-state index contributed by atoms with van der Waals surface area (Å²) >= 11 is 0. The van der Waals surface area contributed by atoms with Crippen LogP contribution in [0.25, 0.3) is 0 Å². The maximum Gasteiger partial charge on any atom is 0.337 e. The van der Waals surface area contributed by atoms with E-state index in [4.69, 9.17) is 0 Å². The molecule has 0 aliphatic carbocycles. The van der Waals surface area contributed by atoms with Gasteiger partial charge in [0.15, 0.2) is 0 Å². The highest BCUT2D eigenvalue weighted by Crippen LogP contribution is 2.26. The number of nitrogens with zero attached hydrogens (tertiary/aromatic N) is 1. The van der Waals surface area contributed by atoms with Crippen LogP contribution in [-0.4, -0.2) is 30.1 Å². The third-order valence-corrected chi connectivity index (χ3v) is 4.56. The topological polar surface area (TPSA) is 69.6 Å². The fourth-order valence-corrected chi connectivity index (χ4v) is 3.14. The molecule has 6 heteroatoms. The molecule has 0 aromatic heterocycles. The number of benzene rings is 2. The van der Waals surface area contributed by atoms with E-state index in [1.54, 1.807) is 12.1 Å². The second-order valence-electron chi connectivity index (χ2n) is 6.40. The van der Waals surface area contributed by atoms with Crippen LogP contribution in [0.3, 0.4) is 0 Å². The minimum absolute atomic E-state index is 0.0437. The van der Waals surface area contributed by atoms with Gasteiger partial charge in [0.25, 0.3) is 5.91 Å². The summed E-state index contributed by atoms with van der Waals surface area (Å²) in [7, 11) is 0. The van der Waals surface area contributed by atoms with Gasteiger partial charge in [0, 0.05) is 24.3 Å². The zero-order valence-electron chi connectivity index (χ0n) is 14.4. The Morgan fingerprint density at radius 3 is 2.23 bits per heavy atom. The average molecular weight is 356 g/mol. The Balaban J connectivity index is 1.83. The van der Waals surface area contributed by atoms with Gasteiger partial charge in [-0.15, -0.1) is 0 Å². The standard InChI is InChI=1S/C20H21FN2O3/c21-15-7-5-14(6-8-15)19(24)22-18-10-9-16(13-17(18)20(25)26)23-11-3-1-2-4-12-23/h5-10,13H,1-4,11-12H2,(H,22,24)(H,25,26). The molecule has 2 aromatic carbocycles. The Labute approximate surface area is 151 Å². The molecule has 1 aliphatic rings. The molecule has 0 unspecified atom stereocenters. The lowest BCUT2D eigenvalue weighted by Gasteiger charge is -2.23. The molecule has 1 saturated heterocycles. The summed E-state index contributed by atoms with van der Waals surface area (Å²) < 4.78 is 13.0. The van der Waals surface area contributed by atoms with E-state index in [1.807, 2.05) is 6.07 Å². The highest BCUT2D eigenvalue weighted by Gasteiger charge is 2.17. The molecule has 0 spiro atoms. The number of nitrogens with one attached hydrogen (secondary N) is 1. The molecular weight excluding hydrogens is 335 g/mol. The summed E-state index contributed by atoms with van der Waals surface area (Å²) in [4.78, 5) is 26.1. The fourth-order valence-electron chi connectivity index (χ4n) is 3.14. The van der Waals surface area contributed by atoms with Crippen LogP contribution in [0.4, 0.5) is 15.8 Å². The smallest absolute Gasteiger partial charge is 0.337 e. The molecule has 5 nitrogen and oxygen atoms in total. The maximum atomic E-state index is 13.0. The molecule has 0 atom stereocenters.